The fraction of sp³-hybridized carbons (Fsp3) is 0.520. The van der Waals surface area contributed by atoms with E-state index in [1.54, 1.807) is 34.6 Å². The minimum atomic E-state index is -1.25. The quantitative estimate of drug-likeness (QED) is 0.228. The Kier molecular flexibility index (Phi) is 11.4. The van der Waals surface area contributed by atoms with E-state index >= 15 is 0 Å². The van der Waals surface area contributed by atoms with Crippen LogP contribution in [0, 0.1) is 0 Å². The molecule has 0 aromatic heterocycles. The maximum absolute atomic E-state index is 12.1. The lowest BCUT2D eigenvalue weighted by Gasteiger charge is -2.25. The molecule has 1 rings (SSSR count). The normalized spacial score (nSPS) is 12.9. The largest absolute Gasteiger partial charge is 0.478 e. The molecule has 0 radical (unpaired) electrons. The lowest BCUT2D eigenvalue weighted by molar-refractivity contribution is -0.144. The van der Waals surface area contributed by atoms with Crippen molar-refractivity contribution < 1.29 is 38.5 Å². The SMILES string of the molecule is COC(=O)[C@H](C/C(=C/CC(C)(C)NCC(=O)OCc1ccccc1)C(=O)O)NC(=O)OC(C)(C)C. The highest BCUT2D eigenvalue weighted by atomic mass is 16.6. The fourth-order valence-corrected chi connectivity index (χ4v) is 2.81. The number of hydrogen-bond donors (Lipinski definition) is 3. The van der Waals surface area contributed by atoms with Gasteiger partial charge in [-0.3, -0.25) is 4.79 Å². The average Bonchev–Trinajstić information content (AvgIpc) is 2.77. The number of amides is 1. The predicted octanol–water partition coefficient (Wildman–Crippen LogP) is 2.96. The van der Waals surface area contributed by atoms with Crippen LogP contribution in [0.4, 0.5) is 4.79 Å². The molecule has 194 valence electrons. The van der Waals surface area contributed by atoms with Gasteiger partial charge in [-0.15, -0.1) is 0 Å². The van der Waals surface area contributed by atoms with Gasteiger partial charge in [-0.05, 0) is 46.6 Å². The van der Waals surface area contributed by atoms with Crippen molar-refractivity contribution in [2.24, 2.45) is 0 Å². The van der Waals surface area contributed by atoms with Crippen LogP contribution in [0.15, 0.2) is 42.0 Å². The number of alkyl carbamates (subject to hydrolysis) is 1. The topological polar surface area (TPSA) is 140 Å². The predicted molar refractivity (Wildman–Crippen MR) is 128 cm³/mol. The van der Waals surface area contributed by atoms with Crippen LogP contribution < -0.4 is 10.6 Å². The van der Waals surface area contributed by atoms with Crippen LogP contribution in [0.1, 0.15) is 53.0 Å². The van der Waals surface area contributed by atoms with Crippen molar-refractivity contribution in [2.75, 3.05) is 13.7 Å². The summed E-state index contributed by atoms with van der Waals surface area (Å²) in [5.41, 5.74) is -0.688. The lowest BCUT2D eigenvalue weighted by Crippen LogP contribution is -2.44. The number of carbonyl (C=O) groups is 4. The standard InChI is InChI=1S/C25H36N2O8/c1-24(2,3)35-23(32)27-19(22(31)33-6)14-18(21(29)30)12-13-25(4,5)26-15-20(28)34-16-17-10-8-7-9-11-17/h7-12,19,26H,13-16H2,1-6H3,(H,27,32)(H,29,30)/b18-12-/t19-/m0/s1. The van der Waals surface area contributed by atoms with E-state index < -0.39 is 41.2 Å². The Labute approximate surface area is 206 Å². The maximum Gasteiger partial charge on any atom is 0.408 e. The van der Waals surface area contributed by atoms with Crippen molar-refractivity contribution in [2.45, 2.75) is 71.2 Å². The molecule has 0 fully saturated rings. The summed E-state index contributed by atoms with van der Waals surface area (Å²) in [7, 11) is 1.14. The number of benzene rings is 1. The first kappa shape index (κ1) is 29.6. The molecule has 1 aromatic rings. The van der Waals surface area contributed by atoms with Crippen LogP contribution in [-0.2, 0) is 35.2 Å². The Bertz CT molecular complexity index is 904. The molecule has 0 aliphatic rings. The second-order valence-corrected chi connectivity index (χ2v) is 9.55. The van der Waals surface area contributed by atoms with Gasteiger partial charge in [-0.25, -0.2) is 14.4 Å². The van der Waals surface area contributed by atoms with Gasteiger partial charge >= 0.3 is 24.0 Å². The van der Waals surface area contributed by atoms with E-state index in [0.717, 1.165) is 12.7 Å². The molecule has 0 unspecified atom stereocenters. The number of esters is 2. The molecule has 10 nitrogen and oxygen atoms in total. The molecule has 0 saturated heterocycles. The number of carboxylic acids is 1. The minimum absolute atomic E-state index is 0.0684. The monoisotopic (exact) mass is 492 g/mol. The van der Waals surface area contributed by atoms with Crippen molar-refractivity contribution in [3.8, 4) is 0 Å². The van der Waals surface area contributed by atoms with Gasteiger partial charge in [0.05, 0.1) is 13.7 Å². The summed E-state index contributed by atoms with van der Waals surface area (Å²) in [5.74, 6) is -2.50. The minimum Gasteiger partial charge on any atom is -0.478 e. The number of aliphatic carboxylic acids is 1. The molecule has 0 aliphatic carbocycles. The molecular weight excluding hydrogens is 456 g/mol. The smallest absolute Gasteiger partial charge is 0.408 e. The second kappa shape index (κ2) is 13.5. The zero-order valence-electron chi connectivity index (χ0n) is 21.2. The summed E-state index contributed by atoms with van der Waals surface area (Å²) >= 11 is 0. The van der Waals surface area contributed by atoms with Gasteiger partial charge in [0.15, 0.2) is 0 Å². The van der Waals surface area contributed by atoms with Gasteiger partial charge in [-0.1, -0.05) is 36.4 Å². The highest BCUT2D eigenvalue weighted by molar-refractivity contribution is 5.89. The molecule has 1 amide bonds. The van der Waals surface area contributed by atoms with Crippen molar-refractivity contribution in [1.82, 2.24) is 10.6 Å². The second-order valence-electron chi connectivity index (χ2n) is 9.55. The van der Waals surface area contributed by atoms with Gasteiger partial charge < -0.3 is 30.0 Å². The molecule has 35 heavy (non-hydrogen) atoms. The lowest BCUT2D eigenvalue weighted by atomic mass is 9.96. The number of carbonyl (C=O) groups excluding carboxylic acids is 3. The number of methoxy groups -OCH3 is 1. The first-order chi connectivity index (χ1) is 16.2. The van der Waals surface area contributed by atoms with Gasteiger partial charge in [0, 0.05) is 17.5 Å². The number of hydrogen-bond acceptors (Lipinski definition) is 8. The Balaban J connectivity index is 2.74. The zero-order chi connectivity index (χ0) is 26.6. The number of ether oxygens (including phenoxy) is 3. The van der Waals surface area contributed by atoms with Crippen molar-refractivity contribution in [3.05, 3.63) is 47.5 Å². The molecule has 0 bridgehead atoms. The zero-order valence-corrected chi connectivity index (χ0v) is 21.2. The molecule has 3 N–H and O–H groups in total. The Hall–Kier alpha value is -3.40. The summed E-state index contributed by atoms with van der Waals surface area (Å²) in [6.45, 7) is 8.67. The molecule has 0 spiro atoms. The third-order valence-corrected chi connectivity index (χ3v) is 4.69. The highest BCUT2D eigenvalue weighted by Gasteiger charge is 2.28. The fourth-order valence-electron chi connectivity index (χ4n) is 2.81. The Morgan fingerprint density at radius 2 is 1.69 bits per heavy atom. The summed E-state index contributed by atoms with van der Waals surface area (Å²) < 4.78 is 15.1. The van der Waals surface area contributed by atoms with Gasteiger partial charge in [0.2, 0.25) is 0 Å². The van der Waals surface area contributed by atoms with Crippen molar-refractivity contribution in [3.63, 3.8) is 0 Å². The number of carboxylic acid groups (broad SMARTS) is 1. The van der Waals surface area contributed by atoms with Crippen LogP contribution in [0.25, 0.3) is 0 Å². The molecular formula is C25H36N2O8. The van der Waals surface area contributed by atoms with E-state index in [1.807, 2.05) is 30.3 Å². The van der Waals surface area contributed by atoms with Crippen LogP contribution >= 0.6 is 0 Å². The van der Waals surface area contributed by atoms with Crippen molar-refractivity contribution >= 4 is 24.0 Å². The maximum atomic E-state index is 12.1. The highest BCUT2D eigenvalue weighted by Crippen LogP contribution is 2.16. The molecule has 0 aliphatic heterocycles. The Morgan fingerprint density at radius 1 is 1.06 bits per heavy atom. The first-order valence-electron chi connectivity index (χ1n) is 11.2. The summed E-state index contributed by atoms with van der Waals surface area (Å²) in [6.07, 6.45) is 0.489. The van der Waals surface area contributed by atoms with E-state index in [1.165, 1.54) is 6.08 Å². The van der Waals surface area contributed by atoms with E-state index in [2.05, 4.69) is 10.6 Å². The van der Waals surface area contributed by atoms with Crippen LogP contribution in [0.5, 0.6) is 0 Å². The third-order valence-electron chi connectivity index (χ3n) is 4.69. The molecule has 0 saturated carbocycles. The van der Waals surface area contributed by atoms with Crippen LogP contribution in [-0.4, -0.2) is 59.9 Å². The summed E-state index contributed by atoms with van der Waals surface area (Å²) in [5, 5.41) is 15.0. The van der Waals surface area contributed by atoms with E-state index in [-0.39, 0.29) is 31.6 Å². The average molecular weight is 493 g/mol. The molecule has 10 heteroatoms. The Morgan fingerprint density at radius 3 is 2.23 bits per heavy atom. The molecule has 1 aromatic carbocycles. The first-order valence-corrected chi connectivity index (χ1v) is 11.2. The van der Waals surface area contributed by atoms with E-state index in [4.69, 9.17) is 14.2 Å². The molecule has 1 atom stereocenters. The van der Waals surface area contributed by atoms with Crippen molar-refractivity contribution in [1.29, 1.82) is 0 Å². The van der Waals surface area contributed by atoms with Gasteiger partial charge in [0.1, 0.15) is 18.2 Å². The summed E-state index contributed by atoms with van der Waals surface area (Å²) in [6, 6.07) is 8.02. The van der Waals surface area contributed by atoms with Crippen LogP contribution in [0.2, 0.25) is 0 Å². The molecule has 0 heterocycles. The van der Waals surface area contributed by atoms with E-state index in [0.29, 0.717) is 0 Å². The third kappa shape index (κ3) is 12.6. The van der Waals surface area contributed by atoms with Gasteiger partial charge in [0.25, 0.3) is 0 Å². The summed E-state index contributed by atoms with van der Waals surface area (Å²) in [4.78, 5) is 48.1. The van der Waals surface area contributed by atoms with Crippen LogP contribution in [0.3, 0.4) is 0 Å². The number of rotatable bonds is 12. The number of nitrogens with one attached hydrogen (secondary N) is 2. The van der Waals surface area contributed by atoms with E-state index in [9.17, 15) is 24.3 Å². The van der Waals surface area contributed by atoms with Gasteiger partial charge in [-0.2, -0.15) is 0 Å².